The molecule has 7 nitrogen and oxygen atoms in total. The van der Waals surface area contributed by atoms with Gasteiger partial charge in [-0.15, -0.1) is 0 Å². The van der Waals surface area contributed by atoms with E-state index in [4.69, 9.17) is 4.74 Å². The molecule has 4 rings (SSSR count). The number of esters is 1. The molecule has 0 unspecified atom stereocenters. The predicted octanol–water partition coefficient (Wildman–Crippen LogP) is 2.15. The van der Waals surface area contributed by atoms with Crippen LogP contribution in [0.3, 0.4) is 0 Å². The first-order valence-corrected chi connectivity index (χ1v) is 10.8. The lowest BCUT2D eigenvalue weighted by atomic mass is 9.97. The first kappa shape index (κ1) is 21.5. The Hall–Kier alpha value is -2.74. The third-order valence-electron chi connectivity index (χ3n) is 6.42. The minimum atomic E-state index is -0.255. The summed E-state index contributed by atoms with van der Waals surface area (Å²) in [6, 6.07) is 6.44. The fourth-order valence-electron chi connectivity index (χ4n) is 4.57. The van der Waals surface area contributed by atoms with Crippen molar-refractivity contribution in [1.82, 2.24) is 19.6 Å². The topological polar surface area (TPSA) is 67.7 Å². The van der Waals surface area contributed by atoms with Crippen molar-refractivity contribution >= 4 is 11.9 Å². The van der Waals surface area contributed by atoms with Crippen LogP contribution in [0.4, 0.5) is 4.39 Å². The van der Waals surface area contributed by atoms with Gasteiger partial charge in [0.25, 0.3) is 0 Å². The lowest BCUT2D eigenvalue weighted by Crippen LogP contribution is -2.46. The van der Waals surface area contributed by atoms with Gasteiger partial charge in [0.2, 0.25) is 5.91 Å². The van der Waals surface area contributed by atoms with Gasteiger partial charge < -0.3 is 9.64 Å². The summed E-state index contributed by atoms with van der Waals surface area (Å²) in [5, 5.41) is 4.68. The minimum Gasteiger partial charge on any atom is -0.469 e. The third kappa shape index (κ3) is 4.79. The summed E-state index contributed by atoms with van der Waals surface area (Å²) < 4.78 is 20.0. The number of hydrogen-bond donors (Lipinski definition) is 0. The molecule has 166 valence electrons. The van der Waals surface area contributed by atoms with Crippen molar-refractivity contribution in [3.05, 3.63) is 52.6 Å². The van der Waals surface area contributed by atoms with Crippen LogP contribution in [0.5, 0.6) is 0 Å². The van der Waals surface area contributed by atoms with E-state index in [-0.39, 0.29) is 23.6 Å². The molecule has 0 saturated carbocycles. The maximum atomic E-state index is 13.2. The van der Waals surface area contributed by atoms with Gasteiger partial charge in [-0.3, -0.25) is 19.2 Å². The zero-order valence-corrected chi connectivity index (χ0v) is 18.1. The number of aryl methyl sites for hydroxylation is 1. The maximum Gasteiger partial charge on any atom is 0.308 e. The van der Waals surface area contributed by atoms with Gasteiger partial charge in [-0.1, -0.05) is 12.1 Å². The Morgan fingerprint density at radius 1 is 1.16 bits per heavy atom. The van der Waals surface area contributed by atoms with Crippen LogP contribution < -0.4 is 0 Å². The number of piperidine rings is 1. The Labute approximate surface area is 181 Å². The van der Waals surface area contributed by atoms with Crippen molar-refractivity contribution in [2.24, 2.45) is 5.92 Å². The Morgan fingerprint density at radius 2 is 1.87 bits per heavy atom. The molecule has 8 heteroatoms. The first-order chi connectivity index (χ1) is 14.9. The van der Waals surface area contributed by atoms with Crippen LogP contribution in [0.25, 0.3) is 0 Å². The predicted molar refractivity (Wildman–Crippen MR) is 113 cm³/mol. The van der Waals surface area contributed by atoms with Crippen molar-refractivity contribution in [1.29, 1.82) is 0 Å². The maximum absolute atomic E-state index is 13.2. The molecule has 0 atom stereocenters. The average Bonchev–Trinajstić information content (AvgIpc) is 3.10. The van der Waals surface area contributed by atoms with E-state index < -0.39 is 0 Å². The molecule has 2 aliphatic rings. The number of amides is 1. The van der Waals surface area contributed by atoms with E-state index in [0.29, 0.717) is 26.2 Å². The van der Waals surface area contributed by atoms with Crippen molar-refractivity contribution < 1.29 is 18.7 Å². The average molecular weight is 429 g/mol. The van der Waals surface area contributed by atoms with E-state index in [0.717, 1.165) is 49.3 Å². The van der Waals surface area contributed by atoms with Gasteiger partial charge in [0.05, 0.1) is 44.0 Å². The van der Waals surface area contributed by atoms with Gasteiger partial charge in [0.15, 0.2) is 0 Å². The number of likely N-dealkylation sites (tertiary alicyclic amines) is 1. The van der Waals surface area contributed by atoms with Gasteiger partial charge in [-0.2, -0.15) is 5.10 Å². The molecule has 1 aromatic heterocycles. The Balaban J connectivity index is 1.38. The Kier molecular flexibility index (Phi) is 6.36. The quantitative estimate of drug-likeness (QED) is 0.683. The number of nitrogens with zero attached hydrogens (tertiary/aromatic N) is 4. The molecular weight excluding hydrogens is 399 g/mol. The molecule has 0 aliphatic carbocycles. The van der Waals surface area contributed by atoms with E-state index in [2.05, 4.69) is 10.00 Å². The zero-order valence-electron chi connectivity index (χ0n) is 18.1. The fraction of sp³-hybridized carbons (Fsp3) is 0.522. The monoisotopic (exact) mass is 428 g/mol. The van der Waals surface area contributed by atoms with Crippen LogP contribution in [0.15, 0.2) is 24.3 Å². The highest BCUT2D eigenvalue weighted by molar-refractivity contribution is 5.78. The number of carbonyl (C=O) groups is 2. The Bertz CT molecular complexity index is 948. The van der Waals surface area contributed by atoms with Crippen molar-refractivity contribution in [3.8, 4) is 0 Å². The van der Waals surface area contributed by atoms with Crippen LogP contribution in [-0.2, 0) is 33.8 Å². The summed E-state index contributed by atoms with van der Waals surface area (Å²) in [5.74, 6) is -0.360. The highest BCUT2D eigenvalue weighted by atomic mass is 19.1. The SMILES string of the molecule is COC(=O)C1CCN(CC(=O)N2CCc3c(C)nn(Cc4ccc(F)cc4)c3C2)CC1. The number of halogens is 1. The first-order valence-electron chi connectivity index (χ1n) is 10.8. The van der Waals surface area contributed by atoms with E-state index in [1.807, 2.05) is 16.5 Å². The summed E-state index contributed by atoms with van der Waals surface area (Å²) in [7, 11) is 1.42. The number of aromatic nitrogens is 2. The minimum absolute atomic E-state index is 0.0577. The summed E-state index contributed by atoms with van der Waals surface area (Å²) in [4.78, 5) is 28.7. The van der Waals surface area contributed by atoms with Gasteiger partial charge in [-0.25, -0.2) is 4.39 Å². The van der Waals surface area contributed by atoms with Crippen LogP contribution >= 0.6 is 0 Å². The van der Waals surface area contributed by atoms with E-state index in [9.17, 15) is 14.0 Å². The van der Waals surface area contributed by atoms with Gasteiger partial charge in [0, 0.05) is 6.54 Å². The fourth-order valence-corrected chi connectivity index (χ4v) is 4.57. The summed E-state index contributed by atoms with van der Waals surface area (Å²) in [6.07, 6.45) is 2.25. The number of fused-ring (bicyclic) bond motifs is 1. The van der Waals surface area contributed by atoms with Crippen molar-refractivity contribution in [2.45, 2.75) is 39.3 Å². The molecule has 1 aromatic carbocycles. The van der Waals surface area contributed by atoms with Crippen molar-refractivity contribution in [3.63, 3.8) is 0 Å². The summed E-state index contributed by atoms with van der Waals surface area (Å²) >= 11 is 0. The lowest BCUT2D eigenvalue weighted by Gasteiger charge is -2.33. The smallest absolute Gasteiger partial charge is 0.308 e. The number of methoxy groups -OCH3 is 1. The van der Waals surface area contributed by atoms with Gasteiger partial charge in [0.1, 0.15) is 5.82 Å². The van der Waals surface area contributed by atoms with E-state index >= 15 is 0 Å². The van der Waals surface area contributed by atoms with Crippen LogP contribution in [0.2, 0.25) is 0 Å². The number of benzene rings is 1. The molecule has 2 aromatic rings. The molecule has 31 heavy (non-hydrogen) atoms. The van der Waals surface area contributed by atoms with Crippen LogP contribution in [0, 0.1) is 18.7 Å². The molecule has 0 spiro atoms. The molecular formula is C23H29FN4O3. The molecule has 1 amide bonds. The number of rotatable bonds is 5. The standard InChI is InChI=1S/C23H29FN4O3/c1-16-20-9-12-27(22(29)15-26-10-7-18(8-11-26)23(30)31-2)14-21(20)28(25-16)13-17-3-5-19(24)6-4-17/h3-6,18H,7-15H2,1-2H3. The second-order valence-electron chi connectivity index (χ2n) is 8.43. The highest BCUT2D eigenvalue weighted by Gasteiger charge is 2.30. The van der Waals surface area contributed by atoms with Gasteiger partial charge in [-0.05, 0) is 62.5 Å². The lowest BCUT2D eigenvalue weighted by molar-refractivity contribution is -0.147. The van der Waals surface area contributed by atoms with Crippen LogP contribution in [-0.4, -0.2) is 64.7 Å². The highest BCUT2D eigenvalue weighted by Crippen LogP contribution is 2.24. The second kappa shape index (κ2) is 9.18. The summed E-state index contributed by atoms with van der Waals surface area (Å²) in [5.41, 5.74) is 4.24. The van der Waals surface area contributed by atoms with Crippen molar-refractivity contribution in [2.75, 3.05) is 33.3 Å². The largest absolute Gasteiger partial charge is 0.469 e. The van der Waals surface area contributed by atoms with E-state index in [1.54, 1.807) is 12.1 Å². The molecule has 1 saturated heterocycles. The second-order valence-corrected chi connectivity index (χ2v) is 8.43. The molecule has 0 bridgehead atoms. The molecule has 0 N–H and O–H groups in total. The number of hydrogen-bond acceptors (Lipinski definition) is 5. The molecule has 1 fully saturated rings. The number of carbonyl (C=O) groups excluding carboxylic acids is 2. The zero-order chi connectivity index (χ0) is 22.0. The summed E-state index contributed by atoms with van der Waals surface area (Å²) in [6.45, 7) is 5.61. The third-order valence-corrected chi connectivity index (χ3v) is 6.42. The van der Waals surface area contributed by atoms with E-state index in [1.165, 1.54) is 24.8 Å². The normalized spacial score (nSPS) is 17.5. The van der Waals surface area contributed by atoms with Crippen LogP contribution in [0.1, 0.15) is 35.4 Å². The number of ether oxygens (including phenoxy) is 1. The van der Waals surface area contributed by atoms with Gasteiger partial charge >= 0.3 is 5.97 Å². The molecule has 2 aliphatic heterocycles. The molecule has 0 radical (unpaired) electrons. The molecule has 3 heterocycles. The Morgan fingerprint density at radius 3 is 2.55 bits per heavy atom.